The number of aryl methyl sites for hydroxylation is 1. The van der Waals surface area contributed by atoms with Gasteiger partial charge in [-0.15, -0.1) is 0 Å². The van der Waals surface area contributed by atoms with E-state index in [1.807, 2.05) is 6.92 Å². The first-order chi connectivity index (χ1) is 10.8. The van der Waals surface area contributed by atoms with Crippen LogP contribution in [-0.2, 0) is 27.0 Å². The van der Waals surface area contributed by atoms with Crippen LogP contribution in [0.1, 0.15) is 52.2 Å². The minimum atomic E-state index is -0.308. The van der Waals surface area contributed by atoms with Crippen molar-refractivity contribution in [1.82, 2.24) is 5.48 Å². The molecule has 0 spiro atoms. The van der Waals surface area contributed by atoms with Gasteiger partial charge in [-0.25, -0.2) is 0 Å². The molecule has 1 atom stereocenters. The van der Waals surface area contributed by atoms with E-state index in [1.165, 1.54) is 16.6 Å². The molecule has 4 nitrogen and oxygen atoms in total. The van der Waals surface area contributed by atoms with Gasteiger partial charge in [0.25, 0.3) is 0 Å². The van der Waals surface area contributed by atoms with E-state index in [9.17, 15) is 0 Å². The Morgan fingerprint density at radius 1 is 1.22 bits per heavy atom. The van der Waals surface area contributed by atoms with Crippen LogP contribution in [0.2, 0.25) is 0 Å². The fourth-order valence-corrected chi connectivity index (χ4v) is 3.31. The van der Waals surface area contributed by atoms with Crippen molar-refractivity contribution < 1.29 is 14.1 Å². The van der Waals surface area contributed by atoms with Crippen LogP contribution in [0.25, 0.3) is 0 Å². The highest BCUT2D eigenvalue weighted by Crippen LogP contribution is 2.37. The van der Waals surface area contributed by atoms with Crippen molar-refractivity contribution in [3.8, 4) is 0 Å². The summed E-state index contributed by atoms with van der Waals surface area (Å²) in [6.07, 6.45) is 3.11. The first kappa shape index (κ1) is 17.0. The molecule has 0 radical (unpaired) electrons. The molecule has 1 aromatic carbocycles. The molecule has 0 amide bonds. The second-order valence-electron chi connectivity index (χ2n) is 7.56. The highest BCUT2D eigenvalue weighted by atomic mass is 16.7. The van der Waals surface area contributed by atoms with Crippen molar-refractivity contribution in [2.45, 2.75) is 71.1 Å². The summed E-state index contributed by atoms with van der Waals surface area (Å²) in [5, 5.41) is 0. The zero-order valence-corrected chi connectivity index (χ0v) is 14.9. The van der Waals surface area contributed by atoms with Gasteiger partial charge in [-0.3, -0.25) is 0 Å². The maximum Gasteiger partial charge on any atom is 0.495 e. The normalized spacial score (nSPS) is 25.4. The summed E-state index contributed by atoms with van der Waals surface area (Å²) in [4.78, 5) is 5.41. The van der Waals surface area contributed by atoms with Gasteiger partial charge in [0.15, 0.2) is 0 Å². The zero-order valence-electron chi connectivity index (χ0n) is 14.9. The molecule has 3 rings (SSSR count). The van der Waals surface area contributed by atoms with E-state index >= 15 is 0 Å². The maximum atomic E-state index is 6.26. The number of benzene rings is 1. The van der Waals surface area contributed by atoms with Crippen molar-refractivity contribution in [3.63, 3.8) is 0 Å². The van der Waals surface area contributed by atoms with Crippen molar-refractivity contribution in [2.24, 2.45) is 0 Å². The summed E-state index contributed by atoms with van der Waals surface area (Å²) in [6, 6.07) is 6.84. The predicted octanol–water partition coefficient (Wildman–Crippen LogP) is 2.38. The lowest BCUT2D eigenvalue weighted by molar-refractivity contribution is 0.00578. The van der Waals surface area contributed by atoms with Crippen LogP contribution in [0.15, 0.2) is 18.2 Å². The Kier molecular flexibility index (Phi) is 4.58. The van der Waals surface area contributed by atoms with E-state index in [1.54, 1.807) is 0 Å². The molecule has 1 unspecified atom stereocenters. The fourth-order valence-electron chi connectivity index (χ4n) is 3.31. The summed E-state index contributed by atoms with van der Waals surface area (Å²) in [5.41, 5.74) is 6.50. The van der Waals surface area contributed by atoms with Crippen LogP contribution in [0.3, 0.4) is 0 Å². The molecule has 5 heteroatoms. The Morgan fingerprint density at radius 2 is 1.91 bits per heavy atom. The van der Waals surface area contributed by atoms with E-state index in [4.69, 9.17) is 14.1 Å². The quantitative estimate of drug-likeness (QED) is 0.684. The Balaban J connectivity index is 1.85. The van der Waals surface area contributed by atoms with Gasteiger partial charge in [0.05, 0.1) is 17.8 Å². The van der Waals surface area contributed by atoms with Gasteiger partial charge in [0.1, 0.15) is 0 Å². The molecule has 1 aliphatic heterocycles. The highest BCUT2D eigenvalue weighted by molar-refractivity contribution is 6.62. The van der Waals surface area contributed by atoms with Gasteiger partial charge in [0, 0.05) is 6.04 Å². The number of rotatable bonds is 4. The van der Waals surface area contributed by atoms with Crippen LogP contribution in [0, 0.1) is 0 Å². The Bertz CT molecular complexity index is 557. The molecule has 2 aliphatic rings. The molecule has 126 valence electrons. The zero-order chi connectivity index (χ0) is 16.7. The monoisotopic (exact) mass is 317 g/mol. The van der Waals surface area contributed by atoms with Crippen molar-refractivity contribution in [1.29, 1.82) is 0 Å². The lowest BCUT2D eigenvalue weighted by Crippen LogP contribution is -2.42. The van der Waals surface area contributed by atoms with Gasteiger partial charge < -0.3 is 14.1 Å². The minimum Gasteiger partial charge on any atom is -0.399 e. The molecule has 0 aromatic heterocycles. The van der Waals surface area contributed by atoms with E-state index in [0.29, 0.717) is 12.6 Å². The first-order valence-corrected chi connectivity index (χ1v) is 8.67. The first-order valence-electron chi connectivity index (χ1n) is 8.67. The van der Waals surface area contributed by atoms with Crippen LogP contribution >= 0.6 is 0 Å². The second kappa shape index (κ2) is 6.21. The maximum absolute atomic E-state index is 6.26. The lowest BCUT2D eigenvalue weighted by atomic mass is 9.71. The average molecular weight is 317 g/mol. The van der Waals surface area contributed by atoms with Gasteiger partial charge in [0.2, 0.25) is 0 Å². The molecular formula is C18H28BNO3. The smallest absolute Gasteiger partial charge is 0.399 e. The Hall–Kier alpha value is -0.875. The summed E-state index contributed by atoms with van der Waals surface area (Å²) in [5.74, 6) is 0. The molecule has 23 heavy (non-hydrogen) atoms. The van der Waals surface area contributed by atoms with Crippen LogP contribution < -0.4 is 10.9 Å². The second-order valence-corrected chi connectivity index (χ2v) is 7.56. The minimum absolute atomic E-state index is 0.291. The van der Waals surface area contributed by atoms with Crippen molar-refractivity contribution in [3.05, 3.63) is 29.3 Å². The summed E-state index contributed by atoms with van der Waals surface area (Å²) >= 11 is 0. The van der Waals surface area contributed by atoms with Gasteiger partial charge in [-0.2, -0.15) is 5.48 Å². The average Bonchev–Trinajstić information content (AvgIpc) is 2.72. The lowest BCUT2D eigenvalue weighted by Gasteiger charge is -2.32. The van der Waals surface area contributed by atoms with E-state index in [-0.39, 0.29) is 18.3 Å². The SMILES string of the molecule is CCONC1CCc2cccc(B3OC(C)(C)C(C)(C)O3)c2C1. The topological polar surface area (TPSA) is 39.7 Å². The molecule has 0 bridgehead atoms. The van der Waals surface area contributed by atoms with E-state index in [2.05, 4.69) is 51.4 Å². The van der Waals surface area contributed by atoms with Crippen LogP contribution in [0.4, 0.5) is 0 Å². The van der Waals surface area contributed by atoms with E-state index in [0.717, 1.165) is 19.3 Å². The van der Waals surface area contributed by atoms with Gasteiger partial charge in [-0.05, 0) is 70.5 Å². The van der Waals surface area contributed by atoms with Gasteiger partial charge >= 0.3 is 7.12 Å². The number of nitrogens with one attached hydrogen (secondary N) is 1. The molecule has 1 N–H and O–H groups in total. The number of hydrogen-bond donors (Lipinski definition) is 1. The standard InChI is InChI=1S/C18H28BNO3/c1-6-21-20-14-11-10-13-8-7-9-16(15(13)12-14)19-22-17(2,3)18(4,5)23-19/h7-9,14,20H,6,10-12H2,1-5H3. The van der Waals surface area contributed by atoms with Crippen LogP contribution in [-0.4, -0.2) is 31.0 Å². The number of hydroxylamine groups is 1. The Labute approximate surface area is 140 Å². The molecule has 1 saturated heterocycles. The summed E-state index contributed by atoms with van der Waals surface area (Å²) < 4.78 is 12.5. The van der Waals surface area contributed by atoms with Crippen molar-refractivity contribution in [2.75, 3.05) is 6.61 Å². The molecule has 1 fully saturated rings. The van der Waals surface area contributed by atoms with E-state index < -0.39 is 0 Å². The van der Waals surface area contributed by atoms with Crippen LogP contribution in [0.5, 0.6) is 0 Å². The molecule has 1 heterocycles. The largest absolute Gasteiger partial charge is 0.495 e. The molecule has 1 aliphatic carbocycles. The summed E-state index contributed by atoms with van der Waals surface area (Å²) in [7, 11) is -0.291. The summed E-state index contributed by atoms with van der Waals surface area (Å²) in [6.45, 7) is 11.1. The molecule has 0 saturated carbocycles. The molecule has 1 aromatic rings. The fraction of sp³-hybridized carbons (Fsp3) is 0.667. The molecular weight excluding hydrogens is 289 g/mol. The third-order valence-electron chi connectivity index (χ3n) is 5.42. The third kappa shape index (κ3) is 3.20. The third-order valence-corrected chi connectivity index (χ3v) is 5.42. The number of fused-ring (bicyclic) bond motifs is 1. The Morgan fingerprint density at radius 3 is 2.57 bits per heavy atom. The highest BCUT2D eigenvalue weighted by Gasteiger charge is 2.52. The van der Waals surface area contributed by atoms with Gasteiger partial charge in [-0.1, -0.05) is 18.2 Å². The number of hydrogen-bond acceptors (Lipinski definition) is 4. The van der Waals surface area contributed by atoms with Crippen molar-refractivity contribution >= 4 is 12.6 Å². The predicted molar refractivity (Wildman–Crippen MR) is 92.7 cm³/mol.